The molecule has 1 aromatic heterocycles. The van der Waals surface area contributed by atoms with E-state index in [-0.39, 0.29) is 17.6 Å². The Morgan fingerprint density at radius 3 is 2.56 bits per heavy atom. The van der Waals surface area contributed by atoms with E-state index in [0.717, 1.165) is 13.0 Å². The van der Waals surface area contributed by atoms with Gasteiger partial charge in [-0.1, -0.05) is 0 Å². The standard InChI is InChI=1S/C13H24N4O/c1-10(2)16(8-5-6-14)12-13(18)17(11(3)4)9-7-15-12/h7,9-11H,5-6,8,14H2,1-4H3. The molecule has 1 rings (SSSR count). The molecule has 5 heteroatoms. The molecule has 0 aliphatic heterocycles. The number of anilines is 1. The Labute approximate surface area is 109 Å². The highest BCUT2D eigenvalue weighted by molar-refractivity contribution is 5.36. The summed E-state index contributed by atoms with van der Waals surface area (Å²) in [7, 11) is 0. The zero-order valence-electron chi connectivity index (χ0n) is 11.8. The summed E-state index contributed by atoms with van der Waals surface area (Å²) in [5.74, 6) is 0.523. The smallest absolute Gasteiger partial charge is 0.293 e. The number of hydrogen-bond donors (Lipinski definition) is 1. The van der Waals surface area contributed by atoms with Gasteiger partial charge in [0.05, 0.1) is 0 Å². The average Bonchev–Trinajstić information content (AvgIpc) is 2.30. The molecule has 0 spiro atoms. The molecule has 0 unspecified atom stereocenters. The number of rotatable bonds is 6. The van der Waals surface area contributed by atoms with E-state index >= 15 is 0 Å². The van der Waals surface area contributed by atoms with Gasteiger partial charge in [-0.3, -0.25) is 4.79 Å². The van der Waals surface area contributed by atoms with Crippen molar-refractivity contribution in [1.82, 2.24) is 9.55 Å². The third kappa shape index (κ3) is 3.32. The molecule has 0 aromatic carbocycles. The summed E-state index contributed by atoms with van der Waals surface area (Å²) in [6.07, 6.45) is 4.28. The lowest BCUT2D eigenvalue weighted by molar-refractivity contribution is 0.563. The van der Waals surface area contributed by atoms with Gasteiger partial charge < -0.3 is 15.2 Å². The van der Waals surface area contributed by atoms with Crippen molar-refractivity contribution in [3.63, 3.8) is 0 Å². The molecule has 0 saturated heterocycles. The summed E-state index contributed by atoms with van der Waals surface area (Å²) < 4.78 is 1.71. The predicted octanol–water partition coefficient (Wildman–Crippen LogP) is 1.39. The zero-order valence-corrected chi connectivity index (χ0v) is 11.8. The van der Waals surface area contributed by atoms with Gasteiger partial charge in [0.2, 0.25) is 0 Å². The van der Waals surface area contributed by atoms with Crippen LogP contribution in [0.4, 0.5) is 5.82 Å². The lowest BCUT2D eigenvalue weighted by Crippen LogP contribution is -2.39. The lowest BCUT2D eigenvalue weighted by atomic mass is 10.2. The van der Waals surface area contributed by atoms with Gasteiger partial charge in [-0.25, -0.2) is 4.98 Å². The Bertz CT molecular complexity index is 425. The highest BCUT2D eigenvalue weighted by atomic mass is 16.1. The molecule has 0 saturated carbocycles. The molecule has 0 fully saturated rings. The molecule has 5 nitrogen and oxygen atoms in total. The van der Waals surface area contributed by atoms with Crippen molar-refractivity contribution in [1.29, 1.82) is 0 Å². The quantitative estimate of drug-likeness (QED) is 0.831. The summed E-state index contributed by atoms with van der Waals surface area (Å²) in [5, 5.41) is 0. The SMILES string of the molecule is CC(C)N(CCCN)c1nccn(C(C)C)c1=O. The van der Waals surface area contributed by atoms with Gasteiger partial charge >= 0.3 is 0 Å². The van der Waals surface area contributed by atoms with Crippen LogP contribution < -0.4 is 16.2 Å². The van der Waals surface area contributed by atoms with Crippen molar-refractivity contribution in [2.24, 2.45) is 5.73 Å². The predicted molar refractivity (Wildman–Crippen MR) is 75.0 cm³/mol. The maximum absolute atomic E-state index is 12.3. The third-order valence-electron chi connectivity index (χ3n) is 2.90. The van der Waals surface area contributed by atoms with Crippen LogP contribution in [0, 0.1) is 0 Å². The summed E-state index contributed by atoms with van der Waals surface area (Å²) in [4.78, 5) is 18.6. The third-order valence-corrected chi connectivity index (χ3v) is 2.90. The van der Waals surface area contributed by atoms with E-state index in [2.05, 4.69) is 18.8 Å². The minimum absolute atomic E-state index is 0.0294. The first-order chi connectivity index (χ1) is 8.49. The maximum Gasteiger partial charge on any atom is 0.293 e. The molecule has 102 valence electrons. The Morgan fingerprint density at radius 1 is 1.39 bits per heavy atom. The van der Waals surface area contributed by atoms with Crippen LogP contribution in [0.1, 0.15) is 40.2 Å². The fraction of sp³-hybridized carbons (Fsp3) is 0.692. The lowest BCUT2D eigenvalue weighted by Gasteiger charge is -2.27. The Kier molecular flexibility index (Phi) is 5.34. The molecule has 1 heterocycles. The van der Waals surface area contributed by atoms with Crippen molar-refractivity contribution in [2.75, 3.05) is 18.0 Å². The van der Waals surface area contributed by atoms with E-state index in [1.165, 1.54) is 0 Å². The van der Waals surface area contributed by atoms with Crippen molar-refractivity contribution in [2.45, 2.75) is 46.2 Å². The second-order valence-electron chi connectivity index (χ2n) is 4.99. The Hall–Kier alpha value is -1.36. The summed E-state index contributed by atoms with van der Waals surface area (Å²) in [6.45, 7) is 9.48. The van der Waals surface area contributed by atoms with E-state index in [1.54, 1.807) is 17.0 Å². The van der Waals surface area contributed by atoms with E-state index in [4.69, 9.17) is 5.73 Å². The van der Waals surface area contributed by atoms with Gasteiger partial charge in [0, 0.05) is 31.0 Å². The number of aromatic nitrogens is 2. The van der Waals surface area contributed by atoms with Crippen LogP contribution in [0.25, 0.3) is 0 Å². The van der Waals surface area contributed by atoms with E-state index < -0.39 is 0 Å². The van der Waals surface area contributed by atoms with Crippen LogP contribution in [-0.4, -0.2) is 28.7 Å². The van der Waals surface area contributed by atoms with E-state index in [1.807, 2.05) is 18.7 Å². The normalized spacial score (nSPS) is 11.3. The van der Waals surface area contributed by atoms with Crippen LogP contribution >= 0.6 is 0 Å². The molecule has 0 atom stereocenters. The van der Waals surface area contributed by atoms with Crippen LogP contribution in [0.2, 0.25) is 0 Å². The second-order valence-corrected chi connectivity index (χ2v) is 4.99. The van der Waals surface area contributed by atoms with Crippen molar-refractivity contribution in [3.8, 4) is 0 Å². The topological polar surface area (TPSA) is 64.2 Å². The van der Waals surface area contributed by atoms with Crippen molar-refractivity contribution < 1.29 is 0 Å². The fourth-order valence-electron chi connectivity index (χ4n) is 1.89. The van der Waals surface area contributed by atoms with Gasteiger partial charge in [-0.15, -0.1) is 0 Å². The highest BCUT2D eigenvalue weighted by Crippen LogP contribution is 2.10. The molecule has 0 aliphatic carbocycles. The van der Waals surface area contributed by atoms with E-state index in [9.17, 15) is 4.79 Å². The molecular weight excluding hydrogens is 228 g/mol. The van der Waals surface area contributed by atoms with E-state index in [0.29, 0.717) is 12.4 Å². The first-order valence-electron chi connectivity index (χ1n) is 6.52. The van der Waals surface area contributed by atoms with Gasteiger partial charge in [0.25, 0.3) is 5.56 Å². The van der Waals surface area contributed by atoms with Gasteiger partial charge in [-0.2, -0.15) is 0 Å². The second kappa shape index (κ2) is 6.54. The van der Waals surface area contributed by atoms with Crippen LogP contribution in [0.5, 0.6) is 0 Å². The number of hydrogen-bond acceptors (Lipinski definition) is 4. The van der Waals surface area contributed by atoms with Crippen LogP contribution in [-0.2, 0) is 0 Å². The molecule has 0 bridgehead atoms. The van der Waals surface area contributed by atoms with Gasteiger partial charge in [-0.05, 0) is 40.7 Å². The fourth-order valence-corrected chi connectivity index (χ4v) is 1.89. The summed E-state index contributed by atoms with van der Waals surface area (Å²) in [5.41, 5.74) is 5.51. The molecule has 0 aliphatic rings. The molecule has 18 heavy (non-hydrogen) atoms. The molecule has 0 amide bonds. The van der Waals surface area contributed by atoms with Crippen LogP contribution in [0.15, 0.2) is 17.2 Å². The van der Waals surface area contributed by atoms with Crippen LogP contribution in [0.3, 0.4) is 0 Å². The Morgan fingerprint density at radius 2 is 2.06 bits per heavy atom. The summed E-state index contributed by atoms with van der Waals surface area (Å²) in [6, 6.07) is 0.377. The summed E-state index contributed by atoms with van der Waals surface area (Å²) >= 11 is 0. The number of nitrogens with zero attached hydrogens (tertiary/aromatic N) is 3. The first kappa shape index (κ1) is 14.7. The minimum atomic E-state index is -0.0294. The average molecular weight is 252 g/mol. The molecule has 0 radical (unpaired) electrons. The zero-order chi connectivity index (χ0) is 13.7. The molecule has 2 N–H and O–H groups in total. The minimum Gasteiger partial charge on any atom is -0.350 e. The molecular formula is C13H24N4O. The largest absolute Gasteiger partial charge is 0.350 e. The van der Waals surface area contributed by atoms with Gasteiger partial charge in [0.1, 0.15) is 0 Å². The van der Waals surface area contributed by atoms with Crippen molar-refractivity contribution >= 4 is 5.82 Å². The highest BCUT2D eigenvalue weighted by Gasteiger charge is 2.16. The molecule has 1 aromatic rings. The van der Waals surface area contributed by atoms with Gasteiger partial charge in [0.15, 0.2) is 5.82 Å². The maximum atomic E-state index is 12.3. The van der Waals surface area contributed by atoms with Crippen molar-refractivity contribution in [3.05, 3.63) is 22.7 Å². The Balaban J connectivity index is 3.12. The number of nitrogens with two attached hydrogens (primary N) is 1. The monoisotopic (exact) mass is 252 g/mol. The first-order valence-corrected chi connectivity index (χ1v) is 6.52.